The Labute approximate surface area is 93.0 Å². The quantitative estimate of drug-likeness (QED) is 0.279. The maximum absolute atomic E-state index is 11.4. The zero-order valence-corrected chi connectivity index (χ0v) is 8.93. The van der Waals surface area contributed by atoms with Gasteiger partial charge in [0, 0.05) is 12.8 Å². The molecule has 0 spiro atoms. The molecule has 0 unspecified atom stereocenters. The fourth-order valence-corrected chi connectivity index (χ4v) is 1.25. The molecule has 1 aromatic rings. The van der Waals surface area contributed by atoms with Gasteiger partial charge in [-0.15, -0.1) is 0 Å². The Bertz CT molecular complexity index is 336. The van der Waals surface area contributed by atoms with E-state index in [4.69, 9.17) is 5.84 Å². The number of nitrogens with two attached hydrogens (primary N) is 1. The second-order valence-corrected chi connectivity index (χ2v) is 3.41. The van der Waals surface area contributed by atoms with E-state index in [1.807, 2.05) is 5.43 Å². The molecule has 1 aromatic heterocycles. The van der Waals surface area contributed by atoms with Crippen molar-refractivity contribution in [3.8, 4) is 0 Å². The van der Waals surface area contributed by atoms with Crippen molar-refractivity contribution in [2.75, 3.05) is 0 Å². The molecule has 0 fully saturated rings. The third kappa shape index (κ3) is 4.65. The molecule has 1 rings (SSSR count). The van der Waals surface area contributed by atoms with Crippen molar-refractivity contribution in [2.45, 2.75) is 32.2 Å². The number of nitrogens with one attached hydrogen (secondary N) is 1. The first-order chi connectivity index (χ1) is 7.72. The van der Waals surface area contributed by atoms with E-state index in [1.54, 1.807) is 0 Å². The summed E-state index contributed by atoms with van der Waals surface area (Å²) in [6.07, 6.45) is 5.02. The average molecular weight is 225 g/mol. The maximum Gasteiger partial charge on any atom is 0.233 e. The molecule has 0 saturated carbocycles. The van der Waals surface area contributed by atoms with Crippen LogP contribution in [0.3, 0.4) is 0 Å². The Kier molecular flexibility index (Phi) is 5.13. The van der Waals surface area contributed by atoms with Crippen LogP contribution in [0.1, 0.15) is 25.7 Å². The van der Waals surface area contributed by atoms with E-state index in [9.17, 15) is 9.59 Å². The molecule has 7 heteroatoms. The van der Waals surface area contributed by atoms with Crippen molar-refractivity contribution < 1.29 is 9.59 Å². The predicted molar refractivity (Wildman–Crippen MR) is 55.8 cm³/mol. The molecule has 0 aliphatic carbocycles. The van der Waals surface area contributed by atoms with Gasteiger partial charge in [0.1, 0.15) is 19.2 Å². The van der Waals surface area contributed by atoms with E-state index < -0.39 is 0 Å². The summed E-state index contributed by atoms with van der Waals surface area (Å²) in [5, 5.41) is 3.83. The smallest absolute Gasteiger partial charge is 0.233 e. The lowest BCUT2D eigenvalue weighted by molar-refractivity contribution is -0.122. The number of carbonyl (C=O) groups excluding carboxylic acids is 2. The van der Waals surface area contributed by atoms with Gasteiger partial charge in [-0.25, -0.2) is 15.5 Å². The molecule has 0 bridgehead atoms. The Morgan fingerprint density at radius 2 is 2.06 bits per heavy atom. The fraction of sp³-hybridized carbons (Fsp3) is 0.556. The number of ketones is 1. The van der Waals surface area contributed by atoms with Crippen LogP contribution in [0.15, 0.2) is 12.7 Å². The molecule has 0 aliphatic heterocycles. The van der Waals surface area contributed by atoms with Gasteiger partial charge < -0.3 is 0 Å². The van der Waals surface area contributed by atoms with Crippen LogP contribution in [-0.4, -0.2) is 26.5 Å². The summed E-state index contributed by atoms with van der Waals surface area (Å²) in [5.41, 5.74) is 2.04. The third-order valence-corrected chi connectivity index (χ3v) is 2.08. The summed E-state index contributed by atoms with van der Waals surface area (Å²) in [6, 6.07) is 0. The minimum absolute atomic E-state index is 0.0821. The van der Waals surface area contributed by atoms with Crippen molar-refractivity contribution in [1.29, 1.82) is 0 Å². The molecule has 3 N–H and O–H groups in total. The minimum Gasteiger partial charge on any atom is -0.298 e. The SMILES string of the molecule is NNC(=O)CCCCC(=O)Cn1cncn1. The van der Waals surface area contributed by atoms with Crippen LogP contribution in [0.25, 0.3) is 0 Å². The summed E-state index contributed by atoms with van der Waals surface area (Å²) in [7, 11) is 0. The average Bonchev–Trinajstić information content (AvgIpc) is 2.76. The van der Waals surface area contributed by atoms with Crippen molar-refractivity contribution in [3.63, 3.8) is 0 Å². The maximum atomic E-state index is 11.4. The lowest BCUT2D eigenvalue weighted by atomic mass is 10.1. The molecule has 0 aromatic carbocycles. The molecule has 0 aliphatic rings. The second kappa shape index (κ2) is 6.67. The lowest BCUT2D eigenvalue weighted by Crippen LogP contribution is -2.29. The van der Waals surface area contributed by atoms with Gasteiger partial charge in [0.05, 0.1) is 0 Å². The van der Waals surface area contributed by atoms with Crippen molar-refractivity contribution in [1.82, 2.24) is 20.2 Å². The topological polar surface area (TPSA) is 103 Å². The predicted octanol–water partition coefficient (Wildman–Crippen LogP) is -0.603. The number of nitrogens with zero attached hydrogens (tertiary/aromatic N) is 3. The second-order valence-electron chi connectivity index (χ2n) is 3.41. The highest BCUT2D eigenvalue weighted by molar-refractivity contribution is 5.78. The van der Waals surface area contributed by atoms with Crippen LogP contribution in [-0.2, 0) is 16.1 Å². The molecule has 0 atom stereocenters. The largest absolute Gasteiger partial charge is 0.298 e. The summed E-state index contributed by atoms with van der Waals surface area (Å²) < 4.78 is 1.48. The van der Waals surface area contributed by atoms with E-state index in [0.717, 1.165) is 0 Å². The Hall–Kier alpha value is -1.76. The van der Waals surface area contributed by atoms with E-state index in [2.05, 4.69) is 10.1 Å². The summed E-state index contributed by atoms with van der Waals surface area (Å²) in [4.78, 5) is 25.9. The van der Waals surface area contributed by atoms with Gasteiger partial charge >= 0.3 is 0 Å². The highest BCUT2D eigenvalue weighted by Gasteiger charge is 2.04. The molecule has 88 valence electrons. The van der Waals surface area contributed by atoms with Crippen molar-refractivity contribution in [2.24, 2.45) is 5.84 Å². The fourth-order valence-electron chi connectivity index (χ4n) is 1.25. The molecule has 16 heavy (non-hydrogen) atoms. The Morgan fingerprint density at radius 1 is 1.31 bits per heavy atom. The molecule has 0 saturated heterocycles. The lowest BCUT2D eigenvalue weighted by Gasteiger charge is -2.01. The molecule has 7 nitrogen and oxygen atoms in total. The normalized spacial score (nSPS) is 10.1. The minimum atomic E-state index is -0.205. The van der Waals surface area contributed by atoms with Crippen LogP contribution in [0, 0.1) is 0 Å². The first-order valence-electron chi connectivity index (χ1n) is 5.06. The first kappa shape index (κ1) is 12.3. The zero-order valence-electron chi connectivity index (χ0n) is 8.93. The highest BCUT2D eigenvalue weighted by Crippen LogP contribution is 2.01. The number of hydrogen-bond acceptors (Lipinski definition) is 5. The first-order valence-corrected chi connectivity index (χ1v) is 5.06. The standard InChI is InChI=1S/C9H15N5O2/c10-13-9(16)4-2-1-3-8(15)5-14-7-11-6-12-14/h6-7H,1-5,10H2,(H,13,16). The van der Waals surface area contributed by atoms with Crippen LogP contribution >= 0.6 is 0 Å². The van der Waals surface area contributed by atoms with E-state index >= 15 is 0 Å². The highest BCUT2D eigenvalue weighted by atomic mass is 16.2. The molecule has 1 amide bonds. The van der Waals surface area contributed by atoms with Crippen molar-refractivity contribution >= 4 is 11.7 Å². The van der Waals surface area contributed by atoms with Gasteiger partial charge in [0.15, 0.2) is 5.78 Å². The molecule has 0 radical (unpaired) electrons. The van der Waals surface area contributed by atoms with Crippen LogP contribution in [0.5, 0.6) is 0 Å². The van der Waals surface area contributed by atoms with Crippen LogP contribution < -0.4 is 11.3 Å². The number of hydrogen-bond donors (Lipinski definition) is 2. The third-order valence-electron chi connectivity index (χ3n) is 2.08. The van der Waals surface area contributed by atoms with E-state index in [1.165, 1.54) is 17.3 Å². The number of amides is 1. The zero-order chi connectivity index (χ0) is 11.8. The van der Waals surface area contributed by atoms with Gasteiger partial charge in [0.2, 0.25) is 5.91 Å². The Morgan fingerprint density at radius 3 is 2.69 bits per heavy atom. The number of hydrazine groups is 1. The van der Waals surface area contributed by atoms with E-state index in [-0.39, 0.29) is 18.2 Å². The van der Waals surface area contributed by atoms with Crippen LogP contribution in [0.4, 0.5) is 0 Å². The van der Waals surface area contributed by atoms with Gasteiger partial charge in [-0.3, -0.25) is 15.0 Å². The van der Waals surface area contributed by atoms with Gasteiger partial charge in [-0.1, -0.05) is 0 Å². The number of rotatable bonds is 7. The summed E-state index contributed by atoms with van der Waals surface area (Å²) >= 11 is 0. The van der Waals surface area contributed by atoms with E-state index in [0.29, 0.717) is 25.7 Å². The van der Waals surface area contributed by atoms with Crippen LogP contribution in [0.2, 0.25) is 0 Å². The molecule has 1 heterocycles. The summed E-state index contributed by atoms with van der Waals surface area (Å²) in [5.74, 6) is 4.80. The molecular formula is C9H15N5O2. The van der Waals surface area contributed by atoms with Gasteiger partial charge in [-0.05, 0) is 12.8 Å². The number of Topliss-reactive ketones (excluding diaryl/α,β-unsaturated/α-hetero) is 1. The van der Waals surface area contributed by atoms with Crippen molar-refractivity contribution in [3.05, 3.63) is 12.7 Å². The van der Waals surface area contributed by atoms with Gasteiger partial charge in [0.25, 0.3) is 0 Å². The monoisotopic (exact) mass is 225 g/mol. The number of aromatic nitrogens is 3. The van der Waals surface area contributed by atoms with Gasteiger partial charge in [-0.2, -0.15) is 5.10 Å². The number of carbonyl (C=O) groups is 2. The summed E-state index contributed by atoms with van der Waals surface area (Å²) in [6.45, 7) is 0.239. The Balaban J connectivity index is 2.09. The number of unbranched alkanes of at least 4 members (excludes halogenated alkanes) is 1. The molecular weight excluding hydrogens is 210 g/mol.